The minimum absolute atomic E-state index is 0.0616. The molecule has 0 N–H and O–H groups in total. The molecular formula is C6H10ClNO4S2. The first kappa shape index (κ1) is 12.0. The van der Waals surface area contributed by atoms with E-state index in [1.807, 2.05) is 0 Å². The first-order valence-electron chi connectivity index (χ1n) is 3.84. The minimum atomic E-state index is -3.88. The first-order valence-corrected chi connectivity index (χ1v) is 7.60. The van der Waals surface area contributed by atoms with Crippen LogP contribution < -0.4 is 0 Å². The van der Waals surface area contributed by atoms with E-state index in [-0.39, 0.29) is 12.3 Å². The van der Waals surface area contributed by atoms with Crippen LogP contribution in [0.3, 0.4) is 0 Å². The van der Waals surface area contributed by atoms with Gasteiger partial charge in [0.25, 0.3) is 0 Å². The molecule has 1 rings (SSSR count). The predicted molar refractivity (Wildman–Crippen MR) is 53.9 cm³/mol. The third kappa shape index (κ3) is 2.47. The molecule has 0 amide bonds. The van der Waals surface area contributed by atoms with Gasteiger partial charge in [0.15, 0.2) is 0 Å². The number of rotatable bonds is 2. The summed E-state index contributed by atoms with van der Waals surface area (Å²) in [5.74, 6) is -0.289. The van der Waals surface area contributed by atoms with Crippen LogP contribution in [-0.4, -0.2) is 38.1 Å². The normalized spacial score (nSPS) is 23.2. The Balaban J connectivity index is 3.11. The monoisotopic (exact) mass is 259 g/mol. The van der Waals surface area contributed by atoms with Gasteiger partial charge >= 0.3 is 0 Å². The van der Waals surface area contributed by atoms with Crippen molar-refractivity contribution in [1.29, 1.82) is 0 Å². The molecule has 0 saturated heterocycles. The van der Waals surface area contributed by atoms with Gasteiger partial charge in [0.2, 0.25) is 20.0 Å². The Labute approximate surface area is 88.5 Å². The van der Waals surface area contributed by atoms with E-state index < -0.39 is 25.3 Å². The number of alkyl halides is 1. The fraction of sp³-hybridized carbons (Fsp3) is 0.667. The Hall–Kier alpha value is -0.110. The first-order chi connectivity index (χ1) is 6.40. The van der Waals surface area contributed by atoms with E-state index in [1.165, 1.54) is 6.08 Å². The summed E-state index contributed by atoms with van der Waals surface area (Å²) in [6.45, 7) is -0.0616. The highest BCUT2D eigenvalue weighted by Gasteiger charge is 2.32. The van der Waals surface area contributed by atoms with Gasteiger partial charge in [-0.15, -0.1) is 11.6 Å². The summed E-state index contributed by atoms with van der Waals surface area (Å²) >= 11 is 5.19. The molecule has 0 atom stereocenters. The molecule has 0 aromatic heterocycles. The SMILES string of the molecule is O=S(=O)(CCl)N1CCC=CCS1(=O)=O. The van der Waals surface area contributed by atoms with Crippen molar-refractivity contribution in [3.05, 3.63) is 12.2 Å². The molecule has 8 heteroatoms. The maximum atomic E-state index is 11.4. The quantitative estimate of drug-likeness (QED) is 0.521. The summed E-state index contributed by atoms with van der Waals surface area (Å²) in [7, 11) is -7.64. The summed E-state index contributed by atoms with van der Waals surface area (Å²) in [6.07, 6.45) is 3.47. The van der Waals surface area contributed by atoms with Gasteiger partial charge < -0.3 is 0 Å². The minimum Gasteiger partial charge on any atom is -0.211 e. The van der Waals surface area contributed by atoms with E-state index in [2.05, 4.69) is 0 Å². The lowest BCUT2D eigenvalue weighted by Gasteiger charge is -2.17. The third-order valence-electron chi connectivity index (χ3n) is 1.71. The molecule has 82 valence electrons. The van der Waals surface area contributed by atoms with Crippen LogP contribution in [0.2, 0.25) is 0 Å². The van der Waals surface area contributed by atoms with Crippen LogP contribution >= 0.6 is 11.6 Å². The second kappa shape index (κ2) is 4.18. The molecule has 1 heterocycles. The maximum Gasteiger partial charge on any atom is 0.241 e. The van der Waals surface area contributed by atoms with Crippen LogP contribution in [0.1, 0.15) is 6.42 Å². The van der Waals surface area contributed by atoms with E-state index in [4.69, 9.17) is 11.6 Å². The Kier molecular flexibility index (Phi) is 3.57. The average Bonchev–Trinajstić information content (AvgIpc) is 2.26. The molecule has 0 saturated carbocycles. The van der Waals surface area contributed by atoms with Crippen molar-refractivity contribution in [2.24, 2.45) is 0 Å². The number of halogens is 1. The zero-order valence-corrected chi connectivity index (χ0v) is 9.65. The van der Waals surface area contributed by atoms with Crippen molar-refractivity contribution in [3.63, 3.8) is 0 Å². The van der Waals surface area contributed by atoms with Crippen molar-refractivity contribution in [2.75, 3.05) is 17.5 Å². The van der Waals surface area contributed by atoms with Crippen LogP contribution in [0.4, 0.5) is 0 Å². The molecule has 0 aliphatic carbocycles. The molecule has 0 radical (unpaired) electrons. The Morgan fingerprint density at radius 3 is 2.57 bits per heavy atom. The van der Waals surface area contributed by atoms with E-state index >= 15 is 0 Å². The highest BCUT2D eigenvalue weighted by molar-refractivity contribution is 8.04. The number of nitrogens with zero attached hydrogens (tertiary/aromatic N) is 1. The molecule has 1 aliphatic rings. The van der Waals surface area contributed by atoms with Crippen LogP contribution in [0.25, 0.3) is 0 Å². The van der Waals surface area contributed by atoms with Crippen molar-refractivity contribution in [3.8, 4) is 0 Å². The van der Waals surface area contributed by atoms with Gasteiger partial charge in [-0.2, -0.15) is 0 Å². The van der Waals surface area contributed by atoms with Crippen molar-refractivity contribution >= 4 is 31.6 Å². The Bertz CT molecular complexity index is 425. The summed E-state index contributed by atoms with van der Waals surface area (Å²) in [4.78, 5) is 0. The molecule has 0 bridgehead atoms. The highest BCUT2D eigenvalue weighted by Crippen LogP contribution is 2.15. The largest absolute Gasteiger partial charge is 0.241 e. The number of sulfonamides is 2. The molecule has 1 aliphatic heterocycles. The van der Waals surface area contributed by atoms with Gasteiger partial charge in [-0.3, -0.25) is 0 Å². The fourth-order valence-electron chi connectivity index (χ4n) is 1.08. The van der Waals surface area contributed by atoms with Gasteiger partial charge in [0.05, 0.1) is 5.75 Å². The lowest BCUT2D eigenvalue weighted by molar-refractivity contribution is 0.506. The molecule has 0 aromatic rings. The highest BCUT2D eigenvalue weighted by atomic mass is 35.5. The molecule has 5 nitrogen and oxygen atoms in total. The Morgan fingerprint density at radius 1 is 1.36 bits per heavy atom. The smallest absolute Gasteiger partial charge is 0.211 e. The fourth-order valence-corrected chi connectivity index (χ4v) is 4.75. The topological polar surface area (TPSA) is 71.5 Å². The van der Waals surface area contributed by atoms with Crippen LogP contribution in [0.15, 0.2) is 12.2 Å². The Morgan fingerprint density at radius 2 is 2.00 bits per heavy atom. The van der Waals surface area contributed by atoms with Gasteiger partial charge in [-0.1, -0.05) is 15.9 Å². The summed E-state index contributed by atoms with van der Waals surface area (Å²) in [6, 6.07) is 0. The molecule has 0 spiro atoms. The molecule has 14 heavy (non-hydrogen) atoms. The lowest BCUT2D eigenvalue weighted by Crippen LogP contribution is -2.38. The maximum absolute atomic E-state index is 11.4. The molecule has 0 unspecified atom stereocenters. The van der Waals surface area contributed by atoms with Crippen molar-refractivity contribution < 1.29 is 16.8 Å². The van der Waals surface area contributed by atoms with Crippen molar-refractivity contribution in [2.45, 2.75) is 6.42 Å². The van der Waals surface area contributed by atoms with Crippen LogP contribution in [0, 0.1) is 0 Å². The lowest BCUT2D eigenvalue weighted by atomic mass is 10.4. The van der Waals surface area contributed by atoms with E-state index in [0.29, 0.717) is 10.1 Å². The molecule has 0 fully saturated rings. The van der Waals surface area contributed by atoms with Crippen LogP contribution in [-0.2, 0) is 20.0 Å². The molecule has 0 aromatic carbocycles. The van der Waals surface area contributed by atoms with E-state index in [9.17, 15) is 16.8 Å². The van der Waals surface area contributed by atoms with Crippen molar-refractivity contribution in [1.82, 2.24) is 3.71 Å². The summed E-state index contributed by atoms with van der Waals surface area (Å²) in [5, 5.41) is -0.716. The zero-order valence-electron chi connectivity index (χ0n) is 7.26. The number of hydrogen-bond donors (Lipinski definition) is 0. The summed E-state index contributed by atoms with van der Waals surface area (Å²) < 4.78 is 46.0. The molecular weight excluding hydrogens is 250 g/mol. The predicted octanol–water partition coefficient (Wildman–Crippen LogP) is 0.104. The standard InChI is InChI=1S/C6H10ClNO4S2/c7-6-14(11,12)8-4-2-1-3-5-13(8,9)10/h1,3H,2,4-6H2. The average molecular weight is 260 g/mol. The zero-order chi connectivity index (χ0) is 10.8. The third-order valence-corrected chi connectivity index (χ3v) is 6.40. The van der Waals surface area contributed by atoms with Gasteiger partial charge in [0, 0.05) is 6.54 Å². The van der Waals surface area contributed by atoms with Gasteiger partial charge in [-0.05, 0) is 6.42 Å². The second-order valence-electron chi connectivity index (χ2n) is 2.76. The second-order valence-corrected chi connectivity index (χ2v) is 7.40. The van der Waals surface area contributed by atoms with Gasteiger partial charge in [-0.25, -0.2) is 16.8 Å². The van der Waals surface area contributed by atoms with Gasteiger partial charge in [0.1, 0.15) is 5.21 Å². The summed E-state index contributed by atoms with van der Waals surface area (Å²) in [5.41, 5.74) is 0. The van der Waals surface area contributed by atoms with E-state index in [1.54, 1.807) is 6.08 Å². The number of hydrogen-bond acceptors (Lipinski definition) is 4. The van der Waals surface area contributed by atoms with Crippen LogP contribution in [0.5, 0.6) is 0 Å². The van der Waals surface area contributed by atoms with E-state index in [0.717, 1.165) is 0 Å².